The molecule has 0 fully saturated rings. The van der Waals surface area contributed by atoms with E-state index in [-0.39, 0.29) is 12.1 Å². The summed E-state index contributed by atoms with van der Waals surface area (Å²) in [5.74, 6) is 0. The van der Waals surface area contributed by atoms with E-state index < -0.39 is 6.10 Å². The standard InChI is InChI=1S/C22H28N3O2P/c1-22(2,24-28)16-27-15-20(26)14-25(18-8-4-3-5-9-18)19-10-11-21-17(13-19)7-6-12-23-21/h3-13,20,24,26H,14-16,28H2,1-2H3. The van der Waals surface area contributed by atoms with Gasteiger partial charge in [-0.1, -0.05) is 33.7 Å². The number of benzene rings is 2. The summed E-state index contributed by atoms with van der Waals surface area (Å²) >= 11 is 0. The van der Waals surface area contributed by atoms with E-state index >= 15 is 0 Å². The summed E-state index contributed by atoms with van der Waals surface area (Å²) in [5.41, 5.74) is 2.83. The van der Waals surface area contributed by atoms with Crippen LogP contribution < -0.4 is 9.99 Å². The quantitative estimate of drug-likeness (QED) is 0.536. The first-order valence-electron chi connectivity index (χ1n) is 9.39. The van der Waals surface area contributed by atoms with Crippen LogP contribution in [0.4, 0.5) is 11.4 Å². The van der Waals surface area contributed by atoms with Gasteiger partial charge in [-0.05, 0) is 50.2 Å². The van der Waals surface area contributed by atoms with Crippen molar-refractivity contribution in [2.45, 2.75) is 25.5 Å². The molecule has 0 radical (unpaired) electrons. The second-order valence-electron chi connectivity index (χ2n) is 7.52. The van der Waals surface area contributed by atoms with E-state index in [0.29, 0.717) is 13.2 Å². The average molecular weight is 397 g/mol. The third kappa shape index (κ3) is 5.49. The fraction of sp³-hybridized carbons (Fsp3) is 0.318. The molecule has 0 spiro atoms. The fourth-order valence-corrected chi connectivity index (χ4v) is 3.04. The number of aliphatic hydroxyl groups is 1. The molecule has 1 aromatic heterocycles. The second kappa shape index (κ2) is 9.44. The Morgan fingerprint density at radius 3 is 2.64 bits per heavy atom. The minimum atomic E-state index is -0.620. The van der Waals surface area contributed by atoms with Crippen LogP contribution in [-0.4, -0.2) is 41.5 Å². The van der Waals surface area contributed by atoms with Gasteiger partial charge in [-0.2, -0.15) is 0 Å². The van der Waals surface area contributed by atoms with Gasteiger partial charge in [0.2, 0.25) is 0 Å². The van der Waals surface area contributed by atoms with Gasteiger partial charge in [0.05, 0.1) is 31.4 Å². The number of pyridine rings is 1. The number of rotatable bonds is 9. The highest BCUT2D eigenvalue weighted by Gasteiger charge is 2.18. The molecule has 5 nitrogen and oxygen atoms in total. The molecule has 2 atom stereocenters. The number of para-hydroxylation sites is 1. The van der Waals surface area contributed by atoms with Gasteiger partial charge in [-0.25, -0.2) is 0 Å². The zero-order chi connectivity index (χ0) is 20.0. The van der Waals surface area contributed by atoms with Gasteiger partial charge in [0.1, 0.15) is 0 Å². The molecule has 1 heterocycles. The predicted molar refractivity (Wildman–Crippen MR) is 119 cm³/mol. The third-order valence-electron chi connectivity index (χ3n) is 4.52. The first-order chi connectivity index (χ1) is 13.5. The molecule has 3 aromatic rings. The summed E-state index contributed by atoms with van der Waals surface area (Å²) in [4.78, 5) is 6.50. The van der Waals surface area contributed by atoms with Gasteiger partial charge >= 0.3 is 0 Å². The molecule has 0 aliphatic rings. The van der Waals surface area contributed by atoms with Gasteiger partial charge in [0.15, 0.2) is 0 Å². The van der Waals surface area contributed by atoms with Gasteiger partial charge in [0, 0.05) is 28.5 Å². The summed E-state index contributed by atoms with van der Waals surface area (Å²) in [6.07, 6.45) is 1.17. The first kappa shape index (κ1) is 20.7. The molecule has 28 heavy (non-hydrogen) atoms. The lowest BCUT2D eigenvalue weighted by Crippen LogP contribution is -2.39. The number of hydrogen-bond acceptors (Lipinski definition) is 5. The van der Waals surface area contributed by atoms with Crippen LogP contribution in [0.5, 0.6) is 0 Å². The number of aliphatic hydroxyl groups excluding tert-OH is 1. The minimum absolute atomic E-state index is 0.158. The molecule has 2 N–H and O–H groups in total. The van der Waals surface area contributed by atoms with E-state index in [1.165, 1.54) is 0 Å². The zero-order valence-corrected chi connectivity index (χ0v) is 17.5. The van der Waals surface area contributed by atoms with Gasteiger partial charge in [0.25, 0.3) is 0 Å². The van der Waals surface area contributed by atoms with Crippen LogP contribution in [0.15, 0.2) is 66.9 Å². The maximum Gasteiger partial charge on any atom is 0.0952 e. The van der Waals surface area contributed by atoms with Crippen molar-refractivity contribution >= 4 is 31.7 Å². The number of aromatic nitrogens is 1. The van der Waals surface area contributed by atoms with Crippen molar-refractivity contribution in [1.82, 2.24) is 10.1 Å². The van der Waals surface area contributed by atoms with Crippen molar-refractivity contribution in [1.29, 1.82) is 0 Å². The average Bonchev–Trinajstić information content (AvgIpc) is 2.72. The fourth-order valence-electron chi connectivity index (χ4n) is 2.95. The lowest BCUT2D eigenvalue weighted by Gasteiger charge is -2.29. The van der Waals surface area contributed by atoms with Gasteiger partial charge in [-0.3, -0.25) is 10.1 Å². The van der Waals surface area contributed by atoms with Gasteiger partial charge < -0.3 is 14.7 Å². The number of nitrogens with zero attached hydrogens (tertiary/aromatic N) is 2. The monoisotopic (exact) mass is 397 g/mol. The highest BCUT2D eigenvalue weighted by atomic mass is 31.0. The highest BCUT2D eigenvalue weighted by molar-refractivity contribution is 7.13. The van der Waals surface area contributed by atoms with Crippen molar-refractivity contribution in [3.63, 3.8) is 0 Å². The Balaban J connectivity index is 1.77. The Labute approximate surface area is 169 Å². The Morgan fingerprint density at radius 1 is 1.11 bits per heavy atom. The maximum absolute atomic E-state index is 10.6. The number of nitrogens with one attached hydrogen (secondary N) is 1. The normalized spacial score (nSPS) is 12.9. The van der Waals surface area contributed by atoms with Crippen molar-refractivity contribution in [2.24, 2.45) is 0 Å². The molecule has 0 bridgehead atoms. The Bertz CT molecular complexity index is 889. The van der Waals surface area contributed by atoms with Gasteiger partial charge in [-0.15, -0.1) is 0 Å². The van der Waals surface area contributed by atoms with Crippen LogP contribution in [0.25, 0.3) is 10.9 Å². The second-order valence-corrected chi connectivity index (χ2v) is 7.81. The molecule has 0 aliphatic heterocycles. The van der Waals surface area contributed by atoms with Crippen LogP contribution in [0.1, 0.15) is 13.8 Å². The van der Waals surface area contributed by atoms with Crippen molar-refractivity contribution in [2.75, 3.05) is 24.7 Å². The highest BCUT2D eigenvalue weighted by Crippen LogP contribution is 2.28. The Morgan fingerprint density at radius 2 is 1.89 bits per heavy atom. The van der Waals surface area contributed by atoms with Crippen molar-refractivity contribution in [3.05, 3.63) is 66.9 Å². The molecule has 6 heteroatoms. The van der Waals surface area contributed by atoms with Crippen LogP contribution in [-0.2, 0) is 4.74 Å². The Hall–Kier alpha value is -2.04. The molecule has 2 unspecified atom stereocenters. The van der Waals surface area contributed by atoms with Crippen molar-refractivity contribution < 1.29 is 9.84 Å². The molecular formula is C22H28N3O2P. The van der Waals surface area contributed by atoms with Crippen LogP contribution >= 0.6 is 9.39 Å². The number of fused-ring (bicyclic) bond motifs is 1. The molecule has 0 aliphatic carbocycles. The molecule has 0 saturated heterocycles. The van der Waals surface area contributed by atoms with Crippen LogP contribution in [0.3, 0.4) is 0 Å². The topological polar surface area (TPSA) is 57.6 Å². The summed E-state index contributed by atoms with van der Waals surface area (Å²) in [6, 6.07) is 20.2. The molecule has 0 saturated carbocycles. The summed E-state index contributed by atoms with van der Waals surface area (Å²) in [7, 11) is 2.51. The Kier molecular flexibility index (Phi) is 6.97. The minimum Gasteiger partial charge on any atom is -0.389 e. The van der Waals surface area contributed by atoms with Crippen molar-refractivity contribution in [3.8, 4) is 0 Å². The smallest absolute Gasteiger partial charge is 0.0952 e. The number of ether oxygens (including phenoxy) is 1. The zero-order valence-electron chi connectivity index (χ0n) is 16.4. The van der Waals surface area contributed by atoms with E-state index in [1.807, 2.05) is 68.4 Å². The lowest BCUT2D eigenvalue weighted by atomic mass is 10.1. The summed E-state index contributed by atoms with van der Waals surface area (Å²) in [6.45, 7) is 5.32. The van der Waals surface area contributed by atoms with E-state index in [4.69, 9.17) is 4.74 Å². The maximum atomic E-state index is 10.6. The van der Waals surface area contributed by atoms with E-state index in [1.54, 1.807) is 6.20 Å². The van der Waals surface area contributed by atoms with Crippen LogP contribution in [0.2, 0.25) is 0 Å². The molecule has 0 amide bonds. The first-order valence-corrected chi connectivity index (χ1v) is 9.97. The largest absolute Gasteiger partial charge is 0.389 e. The van der Waals surface area contributed by atoms with Crippen LogP contribution in [0, 0.1) is 0 Å². The number of hydrogen-bond donors (Lipinski definition) is 2. The number of anilines is 2. The molecule has 148 valence electrons. The lowest BCUT2D eigenvalue weighted by molar-refractivity contribution is 0.0220. The molecular weight excluding hydrogens is 369 g/mol. The molecule has 3 rings (SSSR count). The summed E-state index contributed by atoms with van der Waals surface area (Å²) < 4.78 is 5.73. The predicted octanol–water partition coefficient (Wildman–Crippen LogP) is 3.91. The molecule has 2 aromatic carbocycles. The van der Waals surface area contributed by atoms with E-state index in [0.717, 1.165) is 22.3 Å². The summed E-state index contributed by atoms with van der Waals surface area (Å²) in [5, 5.41) is 14.8. The van der Waals surface area contributed by atoms with E-state index in [9.17, 15) is 5.11 Å². The SMILES string of the molecule is CC(C)(COCC(O)CN(c1ccccc1)c1ccc2ncccc2c1)NP. The third-order valence-corrected chi connectivity index (χ3v) is 5.30. The van der Waals surface area contributed by atoms with E-state index in [2.05, 4.69) is 30.4 Å².